The maximum absolute atomic E-state index is 11.9. The van der Waals surface area contributed by atoms with Crippen molar-refractivity contribution < 1.29 is 19.5 Å². The van der Waals surface area contributed by atoms with E-state index in [4.69, 9.17) is 5.11 Å². The third-order valence-corrected chi connectivity index (χ3v) is 2.80. The van der Waals surface area contributed by atoms with Crippen molar-refractivity contribution in [3.8, 4) is 0 Å². The van der Waals surface area contributed by atoms with Gasteiger partial charge in [0.1, 0.15) is 6.54 Å². The van der Waals surface area contributed by atoms with Crippen LogP contribution in [0.1, 0.15) is 26.7 Å². The van der Waals surface area contributed by atoms with Gasteiger partial charge in [0, 0.05) is 33.1 Å². The number of carbonyl (C=O) groups excluding carboxylic acids is 2. The summed E-state index contributed by atoms with van der Waals surface area (Å²) in [7, 11) is 3.28. The van der Waals surface area contributed by atoms with Crippen molar-refractivity contribution in [1.29, 1.82) is 0 Å². The molecule has 0 spiro atoms. The van der Waals surface area contributed by atoms with Crippen LogP contribution in [-0.4, -0.2) is 66.0 Å². The molecular weight excluding hydrogens is 250 g/mol. The van der Waals surface area contributed by atoms with Gasteiger partial charge in [0.15, 0.2) is 0 Å². The van der Waals surface area contributed by atoms with Crippen molar-refractivity contribution in [2.45, 2.75) is 32.7 Å². The van der Waals surface area contributed by atoms with Gasteiger partial charge in [-0.15, -0.1) is 0 Å². The van der Waals surface area contributed by atoms with Crippen LogP contribution in [0.15, 0.2) is 0 Å². The average molecular weight is 273 g/mol. The molecule has 0 aromatic carbocycles. The Bertz CT molecular complexity index is 331. The minimum atomic E-state index is -1.06. The second kappa shape index (κ2) is 8.34. The number of amides is 3. The molecule has 0 fully saturated rings. The number of nitrogens with one attached hydrogen (secondary N) is 1. The van der Waals surface area contributed by atoms with Crippen LogP contribution in [0.3, 0.4) is 0 Å². The number of carboxylic acids is 1. The second-order valence-corrected chi connectivity index (χ2v) is 4.55. The van der Waals surface area contributed by atoms with Gasteiger partial charge >= 0.3 is 12.0 Å². The van der Waals surface area contributed by atoms with Crippen molar-refractivity contribution in [3.63, 3.8) is 0 Å². The topological polar surface area (TPSA) is 90.0 Å². The molecule has 0 saturated carbocycles. The molecule has 0 radical (unpaired) electrons. The molecule has 2 N–H and O–H groups in total. The van der Waals surface area contributed by atoms with Crippen LogP contribution >= 0.6 is 0 Å². The standard InChI is InChI=1S/C12H23N3O4/c1-5-9(2)15(8-11(17)18)12(19)13-7-6-10(16)14(3)4/h9H,5-8H2,1-4H3,(H,13,19)(H,17,18). The van der Waals surface area contributed by atoms with Gasteiger partial charge in [-0.25, -0.2) is 4.79 Å². The predicted octanol–water partition coefficient (Wildman–Crippen LogP) is 0.359. The first-order valence-electron chi connectivity index (χ1n) is 6.26. The predicted molar refractivity (Wildman–Crippen MR) is 70.8 cm³/mol. The molecule has 0 heterocycles. The molecule has 3 amide bonds. The number of carbonyl (C=O) groups is 3. The molecule has 0 aromatic rings. The van der Waals surface area contributed by atoms with Gasteiger partial charge in [-0.1, -0.05) is 6.92 Å². The second-order valence-electron chi connectivity index (χ2n) is 4.55. The van der Waals surface area contributed by atoms with E-state index >= 15 is 0 Å². The van der Waals surface area contributed by atoms with Gasteiger partial charge < -0.3 is 20.2 Å². The summed E-state index contributed by atoms with van der Waals surface area (Å²) in [4.78, 5) is 36.6. The van der Waals surface area contributed by atoms with E-state index in [0.29, 0.717) is 6.42 Å². The molecule has 19 heavy (non-hydrogen) atoms. The van der Waals surface area contributed by atoms with Crippen molar-refractivity contribution in [2.75, 3.05) is 27.2 Å². The number of hydrogen-bond acceptors (Lipinski definition) is 3. The molecule has 7 heteroatoms. The number of aliphatic carboxylic acids is 1. The largest absolute Gasteiger partial charge is 0.480 e. The molecule has 0 aliphatic rings. The van der Waals surface area contributed by atoms with Crippen molar-refractivity contribution in [3.05, 3.63) is 0 Å². The average Bonchev–Trinajstić information content (AvgIpc) is 2.34. The van der Waals surface area contributed by atoms with Crippen LogP contribution in [0, 0.1) is 0 Å². The molecule has 0 aliphatic heterocycles. The molecule has 7 nitrogen and oxygen atoms in total. The van der Waals surface area contributed by atoms with Crippen LogP contribution < -0.4 is 5.32 Å². The van der Waals surface area contributed by atoms with Gasteiger partial charge in [-0.05, 0) is 13.3 Å². The summed E-state index contributed by atoms with van der Waals surface area (Å²) in [6, 6.07) is -0.621. The lowest BCUT2D eigenvalue weighted by Crippen LogP contribution is -2.47. The zero-order valence-corrected chi connectivity index (χ0v) is 12.0. The number of carboxylic acid groups (broad SMARTS) is 1. The van der Waals surface area contributed by atoms with Crippen molar-refractivity contribution in [2.24, 2.45) is 0 Å². The smallest absolute Gasteiger partial charge is 0.323 e. The highest BCUT2D eigenvalue weighted by atomic mass is 16.4. The molecule has 110 valence electrons. The maximum Gasteiger partial charge on any atom is 0.323 e. The Morgan fingerprint density at radius 3 is 2.26 bits per heavy atom. The highest BCUT2D eigenvalue weighted by molar-refractivity contribution is 5.81. The van der Waals surface area contributed by atoms with Crippen molar-refractivity contribution in [1.82, 2.24) is 15.1 Å². The molecule has 0 bridgehead atoms. The number of hydrogen-bond donors (Lipinski definition) is 2. The first-order valence-corrected chi connectivity index (χ1v) is 6.26. The highest BCUT2D eigenvalue weighted by Crippen LogP contribution is 2.03. The normalized spacial score (nSPS) is 11.6. The zero-order valence-electron chi connectivity index (χ0n) is 12.0. The van der Waals surface area contributed by atoms with Gasteiger partial charge in [0.25, 0.3) is 0 Å². The molecule has 0 saturated heterocycles. The van der Waals surface area contributed by atoms with E-state index < -0.39 is 12.0 Å². The Morgan fingerprint density at radius 1 is 1.26 bits per heavy atom. The van der Waals surface area contributed by atoms with E-state index in [0.717, 1.165) is 0 Å². The molecule has 1 atom stereocenters. The minimum Gasteiger partial charge on any atom is -0.480 e. The fourth-order valence-corrected chi connectivity index (χ4v) is 1.40. The SMILES string of the molecule is CCC(C)N(CC(=O)O)C(=O)NCCC(=O)N(C)C. The Kier molecular flexibility index (Phi) is 7.55. The Hall–Kier alpha value is -1.79. The summed E-state index contributed by atoms with van der Waals surface area (Å²) in [5.74, 6) is -1.14. The summed E-state index contributed by atoms with van der Waals surface area (Å²) in [5.41, 5.74) is 0. The lowest BCUT2D eigenvalue weighted by molar-refractivity contribution is -0.138. The Balaban J connectivity index is 4.33. The lowest BCUT2D eigenvalue weighted by atomic mass is 10.2. The summed E-state index contributed by atoms with van der Waals surface area (Å²) < 4.78 is 0. The number of rotatable bonds is 7. The van der Waals surface area contributed by atoms with Crippen molar-refractivity contribution >= 4 is 17.9 Å². The van der Waals surface area contributed by atoms with E-state index in [1.165, 1.54) is 9.80 Å². The van der Waals surface area contributed by atoms with Gasteiger partial charge in [0.05, 0.1) is 0 Å². The Labute approximate surface area is 113 Å². The van der Waals surface area contributed by atoms with E-state index in [-0.39, 0.29) is 31.5 Å². The molecule has 0 rings (SSSR count). The number of urea groups is 1. The van der Waals surface area contributed by atoms with Gasteiger partial charge in [-0.3, -0.25) is 9.59 Å². The molecule has 0 aromatic heterocycles. The van der Waals surface area contributed by atoms with Gasteiger partial charge in [-0.2, -0.15) is 0 Å². The van der Waals surface area contributed by atoms with E-state index in [2.05, 4.69) is 5.32 Å². The molecule has 0 aliphatic carbocycles. The van der Waals surface area contributed by atoms with E-state index in [9.17, 15) is 14.4 Å². The molecule has 1 unspecified atom stereocenters. The molecular formula is C12H23N3O4. The first kappa shape index (κ1) is 17.2. The first-order chi connectivity index (χ1) is 8.79. The third-order valence-electron chi connectivity index (χ3n) is 2.80. The minimum absolute atomic E-state index is 0.0892. The van der Waals surface area contributed by atoms with Crippen LogP contribution in [0.2, 0.25) is 0 Å². The summed E-state index contributed by atoms with van der Waals surface area (Å²) in [6.45, 7) is 3.51. The van der Waals surface area contributed by atoms with Crippen LogP contribution in [-0.2, 0) is 9.59 Å². The lowest BCUT2D eigenvalue weighted by Gasteiger charge is -2.27. The van der Waals surface area contributed by atoms with Crippen LogP contribution in [0.5, 0.6) is 0 Å². The van der Waals surface area contributed by atoms with Gasteiger partial charge in [0.2, 0.25) is 5.91 Å². The van der Waals surface area contributed by atoms with Crippen LogP contribution in [0.25, 0.3) is 0 Å². The number of nitrogens with zero attached hydrogens (tertiary/aromatic N) is 2. The quantitative estimate of drug-likeness (QED) is 0.700. The van der Waals surface area contributed by atoms with E-state index in [1.807, 2.05) is 6.92 Å². The third kappa shape index (κ3) is 6.64. The Morgan fingerprint density at radius 2 is 1.84 bits per heavy atom. The zero-order chi connectivity index (χ0) is 15.0. The summed E-state index contributed by atoms with van der Waals surface area (Å²) >= 11 is 0. The monoisotopic (exact) mass is 273 g/mol. The summed E-state index contributed by atoms with van der Waals surface area (Å²) in [6.07, 6.45) is 0.859. The maximum atomic E-state index is 11.9. The fourth-order valence-electron chi connectivity index (χ4n) is 1.40. The highest BCUT2D eigenvalue weighted by Gasteiger charge is 2.21. The van der Waals surface area contributed by atoms with Crippen LogP contribution in [0.4, 0.5) is 4.79 Å². The summed E-state index contributed by atoms with van der Waals surface area (Å²) in [5, 5.41) is 11.3. The fraction of sp³-hybridized carbons (Fsp3) is 0.750. The van der Waals surface area contributed by atoms with E-state index in [1.54, 1.807) is 21.0 Å².